The lowest BCUT2D eigenvalue weighted by Gasteiger charge is -2.33. The van der Waals surface area contributed by atoms with Gasteiger partial charge in [-0.2, -0.15) is 11.8 Å². The van der Waals surface area contributed by atoms with Gasteiger partial charge in [0, 0.05) is 10.5 Å². The van der Waals surface area contributed by atoms with Gasteiger partial charge in [0.05, 0.1) is 25.6 Å². The predicted molar refractivity (Wildman–Crippen MR) is 73.7 cm³/mol. The molecule has 2 heterocycles. The normalized spacial score (nSPS) is 40.2. The van der Waals surface area contributed by atoms with E-state index >= 15 is 0 Å². The van der Waals surface area contributed by atoms with Gasteiger partial charge in [-0.3, -0.25) is 9.59 Å². The van der Waals surface area contributed by atoms with Crippen molar-refractivity contribution in [2.24, 2.45) is 23.7 Å². The SMILES string of the molecule is CCCOC(=O)C1C2SC(C(C)C2C)C1C(=O)OC. The van der Waals surface area contributed by atoms with Crippen molar-refractivity contribution in [3.8, 4) is 0 Å². The number of esters is 2. The summed E-state index contributed by atoms with van der Waals surface area (Å²) < 4.78 is 10.2. The summed E-state index contributed by atoms with van der Waals surface area (Å²) in [6.45, 7) is 6.71. The topological polar surface area (TPSA) is 52.6 Å². The van der Waals surface area contributed by atoms with Crippen molar-refractivity contribution in [1.29, 1.82) is 0 Å². The molecule has 0 amide bonds. The highest BCUT2D eigenvalue weighted by Crippen LogP contribution is 2.58. The molecule has 0 saturated carbocycles. The Labute approximate surface area is 118 Å². The van der Waals surface area contributed by atoms with E-state index in [0.717, 1.165) is 6.42 Å². The Hall–Kier alpha value is -0.710. The summed E-state index contributed by atoms with van der Waals surface area (Å²) in [5.74, 6) is -0.284. The number of fused-ring (bicyclic) bond motifs is 2. The van der Waals surface area contributed by atoms with E-state index in [1.54, 1.807) is 11.8 Å². The molecule has 0 aromatic rings. The van der Waals surface area contributed by atoms with E-state index in [1.807, 2.05) is 6.92 Å². The average molecular weight is 286 g/mol. The van der Waals surface area contributed by atoms with E-state index < -0.39 is 0 Å². The number of methoxy groups -OCH3 is 1. The lowest BCUT2D eigenvalue weighted by atomic mass is 9.69. The Balaban J connectivity index is 2.19. The van der Waals surface area contributed by atoms with Crippen LogP contribution in [0.5, 0.6) is 0 Å². The number of carbonyl (C=O) groups excluding carboxylic acids is 2. The average Bonchev–Trinajstić information content (AvgIpc) is 2.93. The molecule has 2 aliphatic rings. The fourth-order valence-electron chi connectivity index (χ4n) is 3.26. The summed E-state index contributed by atoms with van der Waals surface area (Å²) in [4.78, 5) is 24.2. The van der Waals surface area contributed by atoms with Crippen LogP contribution in [-0.4, -0.2) is 36.2 Å². The molecule has 108 valence electrons. The van der Waals surface area contributed by atoms with Gasteiger partial charge in [0.2, 0.25) is 0 Å². The molecule has 0 radical (unpaired) electrons. The first-order valence-corrected chi connectivity index (χ1v) is 7.87. The van der Waals surface area contributed by atoms with Crippen LogP contribution in [0.25, 0.3) is 0 Å². The van der Waals surface area contributed by atoms with Crippen molar-refractivity contribution in [1.82, 2.24) is 0 Å². The smallest absolute Gasteiger partial charge is 0.310 e. The highest BCUT2D eigenvalue weighted by atomic mass is 32.2. The van der Waals surface area contributed by atoms with Crippen LogP contribution in [0.15, 0.2) is 0 Å². The van der Waals surface area contributed by atoms with Gasteiger partial charge in [0.1, 0.15) is 0 Å². The van der Waals surface area contributed by atoms with Crippen molar-refractivity contribution in [3.63, 3.8) is 0 Å². The molecule has 0 N–H and O–H groups in total. The zero-order valence-electron chi connectivity index (χ0n) is 11.9. The quantitative estimate of drug-likeness (QED) is 0.741. The first-order chi connectivity index (χ1) is 9.02. The summed E-state index contributed by atoms with van der Waals surface area (Å²) in [5, 5.41) is 0.375. The second-order valence-corrected chi connectivity index (χ2v) is 6.89. The molecule has 0 aromatic heterocycles. The Morgan fingerprint density at radius 3 is 2.05 bits per heavy atom. The molecular formula is C14H22O4S. The van der Waals surface area contributed by atoms with Crippen molar-refractivity contribution in [2.45, 2.75) is 37.7 Å². The summed E-state index contributed by atoms with van der Waals surface area (Å²) in [7, 11) is 1.39. The molecule has 2 saturated heterocycles. The fraction of sp³-hybridized carbons (Fsp3) is 0.857. The molecule has 0 aliphatic carbocycles. The molecule has 6 unspecified atom stereocenters. The molecule has 2 rings (SSSR count). The Kier molecular flexibility index (Phi) is 4.43. The summed E-state index contributed by atoms with van der Waals surface area (Å²) in [6, 6.07) is 0. The van der Waals surface area contributed by atoms with Gasteiger partial charge < -0.3 is 9.47 Å². The molecule has 0 spiro atoms. The Morgan fingerprint density at radius 1 is 1.05 bits per heavy atom. The molecule has 6 atom stereocenters. The summed E-state index contributed by atoms with van der Waals surface area (Å²) >= 11 is 1.77. The maximum absolute atomic E-state index is 12.2. The van der Waals surface area contributed by atoms with E-state index in [1.165, 1.54) is 7.11 Å². The standard InChI is InChI=1S/C14H22O4S/c1-5-6-18-14(16)10-9(13(15)17-4)11-7(2)8(3)12(10)19-11/h7-12H,5-6H2,1-4H3. The molecule has 19 heavy (non-hydrogen) atoms. The summed E-state index contributed by atoms with van der Waals surface area (Å²) in [5.41, 5.74) is 0. The number of hydrogen-bond acceptors (Lipinski definition) is 5. The van der Waals surface area contributed by atoms with Crippen LogP contribution in [0.4, 0.5) is 0 Å². The number of carbonyl (C=O) groups is 2. The highest BCUT2D eigenvalue weighted by molar-refractivity contribution is 8.01. The lowest BCUT2D eigenvalue weighted by Crippen LogP contribution is -2.46. The van der Waals surface area contributed by atoms with Gasteiger partial charge in [0.25, 0.3) is 0 Å². The fourth-order valence-corrected chi connectivity index (χ4v) is 5.51. The zero-order valence-corrected chi connectivity index (χ0v) is 12.7. The largest absolute Gasteiger partial charge is 0.469 e. The van der Waals surface area contributed by atoms with Gasteiger partial charge in [0.15, 0.2) is 0 Å². The Bertz CT molecular complexity index is 370. The van der Waals surface area contributed by atoms with Crippen LogP contribution in [0.2, 0.25) is 0 Å². The lowest BCUT2D eigenvalue weighted by molar-refractivity contribution is -0.161. The van der Waals surface area contributed by atoms with Crippen LogP contribution < -0.4 is 0 Å². The zero-order chi connectivity index (χ0) is 14.2. The van der Waals surface area contributed by atoms with Crippen LogP contribution in [0.1, 0.15) is 27.2 Å². The number of thioether (sulfide) groups is 1. The third-order valence-corrected chi connectivity index (χ3v) is 6.54. The third kappa shape index (κ3) is 2.37. The van der Waals surface area contributed by atoms with E-state index in [9.17, 15) is 9.59 Å². The molecule has 0 aromatic carbocycles. The van der Waals surface area contributed by atoms with Gasteiger partial charge >= 0.3 is 11.9 Å². The van der Waals surface area contributed by atoms with Crippen molar-refractivity contribution < 1.29 is 19.1 Å². The number of ether oxygens (including phenoxy) is 2. The molecule has 2 bridgehead atoms. The van der Waals surface area contributed by atoms with Gasteiger partial charge in [-0.25, -0.2) is 0 Å². The minimum Gasteiger partial charge on any atom is -0.469 e. The van der Waals surface area contributed by atoms with Crippen LogP contribution in [0, 0.1) is 23.7 Å². The second-order valence-electron chi connectivity index (χ2n) is 5.53. The summed E-state index contributed by atoms with van der Waals surface area (Å²) in [6.07, 6.45) is 0.800. The Morgan fingerprint density at radius 2 is 1.58 bits per heavy atom. The van der Waals surface area contributed by atoms with E-state index in [4.69, 9.17) is 9.47 Å². The molecule has 2 aliphatic heterocycles. The number of rotatable bonds is 4. The first kappa shape index (κ1) is 14.7. The first-order valence-electron chi connectivity index (χ1n) is 6.92. The van der Waals surface area contributed by atoms with Crippen molar-refractivity contribution in [3.05, 3.63) is 0 Å². The van der Waals surface area contributed by atoms with Gasteiger partial charge in [-0.15, -0.1) is 0 Å². The third-order valence-electron chi connectivity index (χ3n) is 4.47. The van der Waals surface area contributed by atoms with Crippen LogP contribution in [0.3, 0.4) is 0 Å². The van der Waals surface area contributed by atoms with E-state index in [0.29, 0.717) is 18.4 Å². The molecule has 2 fully saturated rings. The van der Waals surface area contributed by atoms with Crippen molar-refractivity contribution >= 4 is 23.7 Å². The number of hydrogen-bond donors (Lipinski definition) is 0. The molecule has 5 heteroatoms. The maximum Gasteiger partial charge on any atom is 0.310 e. The van der Waals surface area contributed by atoms with Gasteiger partial charge in [-0.1, -0.05) is 20.8 Å². The maximum atomic E-state index is 12.2. The van der Waals surface area contributed by atoms with Crippen LogP contribution >= 0.6 is 11.8 Å². The second kappa shape index (κ2) is 5.73. The minimum absolute atomic E-state index is 0.187. The minimum atomic E-state index is -0.337. The predicted octanol–water partition coefficient (Wildman–Crippen LogP) is 2.11. The van der Waals surface area contributed by atoms with E-state index in [-0.39, 0.29) is 34.3 Å². The van der Waals surface area contributed by atoms with Crippen LogP contribution in [-0.2, 0) is 19.1 Å². The molecule has 4 nitrogen and oxygen atoms in total. The van der Waals surface area contributed by atoms with Gasteiger partial charge in [-0.05, 0) is 18.3 Å². The van der Waals surface area contributed by atoms with Crippen molar-refractivity contribution in [2.75, 3.05) is 13.7 Å². The molecular weight excluding hydrogens is 264 g/mol. The monoisotopic (exact) mass is 286 g/mol. The highest BCUT2D eigenvalue weighted by Gasteiger charge is 2.61. The van der Waals surface area contributed by atoms with E-state index in [2.05, 4.69) is 13.8 Å².